The van der Waals surface area contributed by atoms with E-state index in [2.05, 4.69) is 4.98 Å². The summed E-state index contributed by atoms with van der Waals surface area (Å²) in [4.78, 5) is 3.95. The third-order valence-corrected chi connectivity index (χ3v) is 5.61. The first-order valence-corrected chi connectivity index (χ1v) is 8.30. The molecule has 1 unspecified atom stereocenters. The molecule has 1 aromatic carbocycles. The van der Waals surface area contributed by atoms with Gasteiger partial charge in [-0.3, -0.25) is 0 Å². The zero-order valence-corrected chi connectivity index (χ0v) is 13.7. The van der Waals surface area contributed by atoms with Crippen molar-refractivity contribution < 1.29 is 8.42 Å². The molecule has 1 atom stereocenters. The second-order valence-electron chi connectivity index (χ2n) is 4.92. The number of aryl methyl sites for hydroxylation is 1. The maximum Gasteiger partial charge on any atom is 0.243 e. The fraction of sp³-hybridized carbons (Fsp3) is 0.267. The summed E-state index contributed by atoms with van der Waals surface area (Å²) in [5.74, 6) is 0. The van der Waals surface area contributed by atoms with Gasteiger partial charge in [-0.25, -0.2) is 13.4 Å². The Hall–Kier alpha value is -1.43. The Kier molecular flexibility index (Phi) is 4.66. The molecule has 0 bridgehead atoms. The third-order valence-electron chi connectivity index (χ3n) is 3.48. The summed E-state index contributed by atoms with van der Waals surface area (Å²) >= 11 is 5.78. The first-order chi connectivity index (χ1) is 9.82. The number of pyridine rings is 1. The molecule has 21 heavy (non-hydrogen) atoms. The van der Waals surface area contributed by atoms with E-state index in [0.29, 0.717) is 0 Å². The van der Waals surface area contributed by atoms with Crippen molar-refractivity contribution in [3.63, 3.8) is 0 Å². The largest absolute Gasteiger partial charge is 0.244 e. The predicted molar refractivity (Wildman–Crippen MR) is 83.8 cm³/mol. The Labute approximate surface area is 130 Å². The van der Waals surface area contributed by atoms with Crippen LogP contribution in [0.15, 0.2) is 47.5 Å². The monoisotopic (exact) mass is 324 g/mol. The number of aromatic nitrogens is 1. The summed E-state index contributed by atoms with van der Waals surface area (Å²) in [6.07, 6.45) is 1.39. The number of nitrogens with zero attached hydrogens (tertiary/aromatic N) is 2. The number of hydrogen-bond donors (Lipinski definition) is 0. The van der Waals surface area contributed by atoms with Gasteiger partial charge in [0.15, 0.2) is 0 Å². The van der Waals surface area contributed by atoms with Gasteiger partial charge < -0.3 is 0 Å². The molecule has 0 saturated heterocycles. The maximum atomic E-state index is 12.6. The lowest BCUT2D eigenvalue weighted by Gasteiger charge is -2.24. The average molecular weight is 325 g/mol. The van der Waals surface area contributed by atoms with Crippen LogP contribution in [-0.4, -0.2) is 24.8 Å². The Morgan fingerprint density at radius 1 is 1.19 bits per heavy atom. The van der Waals surface area contributed by atoms with Crippen LogP contribution in [0.3, 0.4) is 0 Å². The number of benzene rings is 1. The second-order valence-corrected chi connectivity index (χ2v) is 7.31. The molecule has 0 aliphatic heterocycles. The Morgan fingerprint density at radius 3 is 2.38 bits per heavy atom. The lowest BCUT2D eigenvalue weighted by Crippen LogP contribution is -2.29. The molecule has 2 aromatic rings. The molecule has 0 amide bonds. The lowest BCUT2D eigenvalue weighted by molar-refractivity contribution is 0.398. The lowest BCUT2D eigenvalue weighted by atomic mass is 10.1. The molecule has 1 aromatic heterocycles. The van der Waals surface area contributed by atoms with Crippen LogP contribution in [0.25, 0.3) is 0 Å². The van der Waals surface area contributed by atoms with E-state index in [4.69, 9.17) is 11.6 Å². The highest BCUT2D eigenvalue weighted by Gasteiger charge is 2.26. The first kappa shape index (κ1) is 15.9. The number of rotatable bonds is 4. The minimum absolute atomic E-state index is 0.143. The van der Waals surface area contributed by atoms with E-state index in [0.717, 1.165) is 11.1 Å². The van der Waals surface area contributed by atoms with Crippen LogP contribution >= 0.6 is 11.6 Å². The third kappa shape index (κ3) is 3.43. The molecule has 0 N–H and O–H groups in total. The topological polar surface area (TPSA) is 50.3 Å². The van der Waals surface area contributed by atoms with Crippen LogP contribution in [0.4, 0.5) is 0 Å². The van der Waals surface area contributed by atoms with Crippen LogP contribution < -0.4 is 0 Å². The number of hydrogen-bond acceptors (Lipinski definition) is 3. The molecule has 2 rings (SSSR count). The maximum absolute atomic E-state index is 12.6. The quantitative estimate of drug-likeness (QED) is 0.810. The van der Waals surface area contributed by atoms with E-state index >= 15 is 0 Å². The minimum atomic E-state index is -3.61. The molecular weight excluding hydrogens is 308 g/mol. The van der Waals surface area contributed by atoms with Gasteiger partial charge in [0.2, 0.25) is 10.0 Å². The zero-order valence-electron chi connectivity index (χ0n) is 12.1. The molecule has 1 heterocycles. The summed E-state index contributed by atoms with van der Waals surface area (Å²) in [5, 5.41) is 0.160. The van der Waals surface area contributed by atoms with Gasteiger partial charge in [-0.15, -0.1) is 0 Å². The van der Waals surface area contributed by atoms with Crippen molar-refractivity contribution in [3.8, 4) is 0 Å². The summed E-state index contributed by atoms with van der Waals surface area (Å²) in [6, 6.07) is 10.3. The highest BCUT2D eigenvalue weighted by Crippen LogP contribution is 2.26. The SMILES string of the molecule is Cc1ccc(C(C)N(C)S(=O)(=O)c2ccnc(Cl)c2)cc1. The Morgan fingerprint density at radius 2 is 1.81 bits per heavy atom. The summed E-state index contributed by atoms with van der Waals surface area (Å²) in [6.45, 7) is 3.85. The van der Waals surface area contributed by atoms with Crippen molar-refractivity contribution in [2.75, 3.05) is 7.05 Å². The molecule has 4 nitrogen and oxygen atoms in total. The molecule has 0 spiro atoms. The van der Waals surface area contributed by atoms with Crippen molar-refractivity contribution in [1.29, 1.82) is 0 Å². The second kappa shape index (κ2) is 6.13. The standard InChI is InChI=1S/C15H17ClN2O2S/c1-11-4-6-13(7-5-11)12(2)18(3)21(19,20)14-8-9-17-15(16)10-14/h4-10,12H,1-3H3. The van der Waals surface area contributed by atoms with Gasteiger partial charge in [-0.2, -0.15) is 4.31 Å². The van der Waals surface area contributed by atoms with E-state index in [1.165, 1.54) is 22.6 Å². The fourth-order valence-electron chi connectivity index (χ4n) is 1.97. The molecule has 0 fully saturated rings. The van der Waals surface area contributed by atoms with Gasteiger partial charge in [0, 0.05) is 19.3 Å². The molecule has 112 valence electrons. The van der Waals surface area contributed by atoms with Crippen LogP contribution in [0, 0.1) is 6.92 Å². The van der Waals surface area contributed by atoms with Crippen LogP contribution in [0.1, 0.15) is 24.1 Å². The fourth-order valence-corrected chi connectivity index (χ4v) is 3.58. The van der Waals surface area contributed by atoms with Crippen LogP contribution in [0.2, 0.25) is 5.15 Å². The van der Waals surface area contributed by atoms with E-state index in [9.17, 15) is 8.42 Å². The smallest absolute Gasteiger partial charge is 0.243 e. The van der Waals surface area contributed by atoms with Gasteiger partial charge >= 0.3 is 0 Å². The predicted octanol–water partition coefficient (Wildman–Crippen LogP) is 3.43. The van der Waals surface area contributed by atoms with Gasteiger partial charge in [-0.1, -0.05) is 41.4 Å². The molecule has 0 radical (unpaired) electrons. The molecule has 0 aliphatic rings. The van der Waals surface area contributed by atoms with Crippen molar-refractivity contribution in [2.24, 2.45) is 0 Å². The van der Waals surface area contributed by atoms with E-state index in [1.54, 1.807) is 7.05 Å². The first-order valence-electron chi connectivity index (χ1n) is 6.48. The summed E-state index contributed by atoms with van der Waals surface area (Å²) < 4.78 is 26.5. The van der Waals surface area contributed by atoms with Crippen LogP contribution in [-0.2, 0) is 10.0 Å². The van der Waals surface area contributed by atoms with Gasteiger partial charge in [0.1, 0.15) is 5.15 Å². The van der Waals surface area contributed by atoms with Crippen molar-refractivity contribution in [1.82, 2.24) is 9.29 Å². The van der Waals surface area contributed by atoms with Crippen molar-refractivity contribution in [2.45, 2.75) is 24.8 Å². The number of halogens is 1. The normalized spacial score (nSPS) is 13.4. The highest BCUT2D eigenvalue weighted by molar-refractivity contribution is 7.89. The van der Waals surface area contributed by atoms with Gasteiger partial charge in [0.05, 0.1) is 4.90 Å². The van der Waals surface area contributed by atoms with E-state index in [-0.39, 0.29) is 16.1 Å². The Bertz CT molecular complexity index is 730. The highest BCUT2D eigenvalue weighted by atomic mass is 35.5. The van der Waals surface area contributed by atoms with E-state index < -0.39 is 10.0 Å². The zero-order chi connectivity index (χ0) is 15.6. The van der Waals surface area contributed by atoms with Gasteiger partial charge in [0.25, 0.3) is 0 Å². The molecular formula is C15H17ClN2O2S. The van der Waals surface area contributed by atoms with Gasteiger partial charge in [-0.05, 0) is 31.5 Å². The number of sulfonamides is 1. The van der Waals surface area contributed by atoms with Crippen molar-refractivity contribution >= 4 is 21.6 Å². The Balaban J connectivity index is 2.33. The summed E-state index contributed by atoms with van der Waals surface area (Å²) in [5.41, 5.74) is 2.07. The molecule has 0 aliphatic carbocycles. The summed E-state index contributed by atoms with van der Waals surface area (Å²) in [7, 11) is -2.05. The van der Waals surface area contributed by atoms with E-state index in [1.807, 2.05) is 38.1 Å². The molecule has 6 heteroatoms. The van der Waals surface area contributed by atoms with Crippen molar-refractivity contribution in [3.05, 3.63) is 58.9 Å². The average Bonchev–Trinajstić information content (AvgIpc) is 2.46. The minimum Gasteiger partial charge on any atom is -0.244 e. The molecule has 0 saturated carbocycles. The van der Waals surface area contributed by atoms with Crippen LogP contribution in [0.5, 0.6) is 0 Å².